The Morgan fingerprint density at radius 3 is 2.81 bits per heavy atom. The van der Waals surface area contributed by atoms with E-state index in [1.54, 1.807) is 17.8 Å². The van der Waals surface area contributed by atoms with Crippen molar-refractivity contribution in [1.82, 2.24) is 0 Å². The first-order valence-corrected chi connectivity index (χ1v) is 7.90. The van der Waals surface area contributed by atoms with E-state index >= 15 is 0 Å². The number of nitrogens with two attached hydrogens (primary N) is 1. The summed E-state index contributed by atoms with van der Waals surface area (Å²) < 4.78 is 0. The number of rotatable bonds is 4. The summed E-state index contributed by atoms with van der Waals surface area (Å²) in [5, 5.41) is 10.9. The molecule has 4 nitrogen and oxygen atoms in total. The van der Waals surface area contributed by atoms with Crippen LogP contribution in [0.2, 0.25) is 0 Å². The Labute approximate surface area is 127 Å². The van der Waals surface area contributed by atoms with Crippen molar-refractivity contribution >= 4 is 23.1 Å². The number of thioether (sulfide) groups is 1. The molecule has 0 aromatic heterocycles. The molecule has 0 heterocycles. The molecule has 108 valence electrons. The van der Waals surface area contributed by atoms with E-state index < -0.39 is 4.92 Å². The topological polar surface area (TPSA) is 69.2 Å². The van der Waals surface area contributed by atoms with Crippen LogP contribution in [-0.4, -0.2) is 4.92 Å². The second-order valence-electron chi connectivity index (χ2n) is 5.18. The van der Waals surface area contributed by atoms with E-state index in [0.29, 0.717) is 5.75 Å². The van der Waals surface area contributed by atoms with Crippen molar-refractivity contribution in [3.8, 4) is 0 Å². The maximum absolute atomic E-state index is 10.9. The molecule has 1 aliphatic carbocycles. The fraction of sp³-hybridized carbons (Fsp3) is 0.250. The fourth-order valence-electron chi connectivity index (χ4n) is 2.68. The SMILES string of the molecule is Nc1c(CSc2ccc3c(c2)CCC3)cccc1[N+](=O)[O-]. The highest BCUT2D eigenvalue weighted by molar-refractivity contribution is 7.98. The van der Waals surface area contributed by atoms with E-state index in [1.165, 1.54) is 34.9 Å². The lowest BCUT2D eigenvalue weighted by Crippen LogP contribution is -1.99. The molecule has 1 aliphatic rings. The highest BCUT2D eigenvalue weighted by Crippen LogP contribution is 2.32. The highest BCUT2D eigenvalue weighted by Gasteiger charge is 2.15. The van der Waals surface area contributed by atoms with Crippen LogP contribution in [0.5, 0.6) is 0 Å². The third-order valence-corrected chi connectivity index (χ3v) is 4.88. The largest absolute Gasteiger partial charge is 0.393 e. The summed E-state index contributed by atoms with van der Waals surface area (Å²) in [5.41, 5.74) is 9.85. The van der Waals surface area contributed by atoms with Crippen LogP contribution in [0, 0.1) is 10.1 Å². The van der Waals surface area contributed by atoms with Gasteiger partial charge in [-0.2, -0.15) is 0 Å². The van der Waals surface area contributed by atoms with Gasteiger partial charge in [0, 0.05) is 16.7 Å². The summed E-state index contributed by atoms with van der Waals surface area (Å²) in [6, 6.07) is 11.5. The van der Waals surface area contributed by atoms with Crippen LogP contribution in [0.4, 0.5) is 11.4 Å². The summed E-state index contributed by atoms with van der Waals surface area (Å²) >= 11 is 1.67. The number of para-hydroxylation sites is 1. The van der Waals surface area contributed by atoms with Crippen LogP contribution >= 0.6 is 11.8 Å². The van der Waals surface area contributed by atoms with Crippen molar-refractivity contribution in [3.63, 3.8) is 0 Å². The molecule has 2 N–H and O–H groups in total. The van der Waals surface area contributed by atoms with Gasteiger partial charge in [-0.05, 0) is 48.1 Å². The van der Waals surface area contributed by atoms with Crippen molar-refractivity contribution in [2.75, 3.05) is 5.73 Å². The lowest BCUT2D eigenvalue weighted by molar-refractivity contribution is -0.383. The average molecular weight is 300 g/mol. The van der Waals surface area contributed by atoms with Crippen molar-refractivity contribution in [2.45, 2.75) is 29.9 Å². The molecule has 2 aromatic rings. The number of benzene rings is 2. The number of fused-ring (bicyclic) bond motifs is 1. The van der Waals surface area contributed by atoms with Gasteiger partial charge in [0.2, 0.25) is 0 Å². The number of hydrogen-bond acceptors (Lipinski definition) is 4. The van der Waals surface area contributed by atoms with Crippen molar-refractivity contribution < 1.29 is 4.92 Å². The van der Waals surface area contributed by atoms with E-state index in [-0.39, 0.29) is 11.4 Å². The Bertz CT molecular complexity index is 701. The molecular formula is C16H16N2O2S. The van der Waals surface area contributed by atoms with Crippen LogP contribution in [0.1, 0.15) is 23.1 Å². The monoisotopic (exact) mass is 300 g/mol. The van der Waals surface area contributed by atoms with Gasteiger partial charge in [0.1, 0.15) is 5.69 Å². The molecule has 0 amide bonds. The van der Waals surface area contributed by atoms with E-state index in [1.807, 2.05) is 6.07 Å². The lowest BCUT2D eigenvalue weighted by Gasteiger charge is -2.07. The number of nitrogen functional groups attached to an aromatic ring is 1. The van der Waals surface area contributed by atoms with Crippen molar-refractivity contribution in [2.24, 2.45) is 0 Å². The summed E-state index contributed by atoms with van der Waals surface area (Å²) in [4.78, 5) is 11.7. The second kappa shape index (κ2) is 5.77. The molecule has 21 heavy (non-hydrogen) atoms. The van der Waals surface area contributed by atoms with E-state index in [0.717, 1.165) is 12.0 Å². The first kappa shape index (κ1) is 13.9. The zero-order valence-corrected chi connectivity index (χ0v) is 12.4. The average Bonchev–Trinajstić information content (AvgIpc) is 2.93. The summed E-state index contributed by atoms with van der Waals surface area (Å²) in [6.45, 7) is 0. The fourth-order valence-corrected chi connectivity index (χ4v) is 3.65. The van der Waals surface area contributed by atoms with Crippen LogP contribution in [0.15, 0.2) is 41.3 Å². The summed E-state index contributed by atoms with van der Waals surface area (Å²) in [5.74, 6) is 0.645. The van der Waals surface area contributed by atoms with Crippen LogP contribution < -0.4 is 5.73 Å². The molecule has 0 bridgehead atoms. The molecule has 0 aliphatic heterocycles. The molecule has 0 atom stereocenters. The molecule has 0 unspecified atom stereocenters. The van der Waals surface area contributed by atoms with Crippen molar-refractivity contribution in [1.29, 1.82) is 0 Å². The van der Waals surface area contributed by atoms with Gasteiger partial charge >= 0.3 is 0 Å². The minimum absolute atomic E-state index is 0.0120. The van der Waals surface area contributed by atoms with Gasteiger partial charge in [0.25, 0.3) is 5.69 Å². The smallest absolute Gasteiger partial charge is 0.292 e. The third kappa shape index (κ3) is 2.88. The quantitative estimate of drug-likeness (QED) is 0.401. The predicted molar refractivity (Wildman–Crippen MR) is 85.5 cm³/mol. The maximum atomic E-state index is 10.9. The first-order valence-electron chi connectivity index (χ1n) is 6.91. The number of nitro groups is 1. The Balaban J connectivity index is 1.76. The Hall–Kier alpha value is -2.01. The summed E-state index contributed by atoms with van der Waals surface area (Å²) in [7, 11) is 0. The molecule has 0 saturated heterocycles. The molecule has 2 aromatic carbocycles. The van der Waals surface area contributed by atoms with Gasteiger partial charge in [0.15, 0.2) is 0 Å². The molecule has 3 rings (SSSR count). The Kier molecular flexibility index (Phi) is 3.84. The first-order chi connectivity index (χ1) is 10.1. The van der Waals surface area contributed by atoms with Crippen LogP contribution in [-0.2, 0) is 18.6 Å². The Morgan fingerprint density at radius 2 is 2.00 bits per heavy atom. The minimum Gasteiger partial charge on any atom is -0.393 e. The molecule has 0 spiro atoms. The number of nitrogens with zero attached hydrogens (tertiary/aromatic N) is 1. The van der Waals surface area contributed by atoms with Crippen LogP contribution in [0.25, 0.3) is 0 Å². The van der Waals surface area contributed by atoms with Gasteiger partial charge in [-0.1, -0.05) is 18.2 Å². The van der Waals surface area contributed by atoms with E-state index in [9.17, 15) is 10.1 Å². The maximum Gasteiger partial charge on any atom is 0.292 e. The summed E-state index contributed by atoms with van der Waals surface area (Å²) in [6.07, 6.45) is 3.57. The molecule has 5 heteroatoms. The second-order valence-corrected chi connectivity index (χ2v) is 6.23. The number of aryl methyl sites for hydroxylation is 2. The number of hydrogen-bond donors (Lipinski definition) is 1. The zero-order chi connectivity index (χ0) is 14.8. The predicted octanol–water partition coefficient (Wildman–Crippen LogP) is 3.96. The van der Waals surface area contributed by atoms with Gasteiger partial charge < -0.3 is 5.73 Å². The zero-order valence-electron chi connectivity index (χ0n) is 11.5. The lowest BCUT2D eigenvalue weighted by atomic mass is 10.1. The standard InChI is InChI=1S/C16H16N2O2S/c17-16-13(5-2-6-15(16)18(19)20)10-21-14-8-7-11-3-1-4-12(11)9-14/h2,5-9H,1,3-4,10,17H2. The van der Waals surface area contributed by atoms with Crippen LogP contribution in [0.3, 0.4) is 0 Å². The van der Waals surface area contributed by atoms with Gasteiger partial charge in [-0.25, -0.2) is 0 Å². The highest BCUT2D eigenvalue weighted by atomic mass is 32.2. The normalized spacial score (nSPS) is 13.1. The van der Waals surface area contributed by atoms with Gasteiger partial charge in [-0.3, -0.25) is 10.1 Å². The van der Waals surface area contributed by atoms with Gasteiger partial charge in [-0.15, -0.1) is 11.8 Å². The Morgan fingerprint density at radius 1 is 1.19 bits per heavy atom. The molecular weight excluding hydrogens is 284 g/mol. The van der Waals surface area contributed by atoms with E-state index in [2.05, 4.69) is 18.2 Å². The number of anilines is 1. The molecule has 0 radical (unpaired) electrons. The molecule has 0 fully saturated rings. The molecule has 0 saturated carbocycles. The third-order valence-electron chi connectivity index (χ3n) is 3.83. The van der Waals surface area contributed by atoms with E-state index in [4.69, 9.17) is 5.73 Å². The van der Waals surface area contributed by atoms with Crippen molar-refractivity contribution in [3.05, 3.63) is 63.2 Å². The minimum atomic E-state index is -0.432. The number of nitro benzene ring substituents is 1. The van der Waals surface area contributed by atoms with Gasteiger partial charge in [0.05, 0.1) is 4.92 Å².